The third-order valence-corrected chi connectivity index (χ3v) is 5.84. The van der Waals surface area contributed by atoms with Crippen LogP contribution in [-0.4, -0.2) is 20.6 Å². The number of hydrogen-bond acceptors (Lipinski definition) is 5. The fourth-order valence-electron chi connectivity index (χ4n) is 4.42. The number of pyridine rings is 2. The highest BCUT2D eigenvalue weighted by Gasteiger charge is 2.34. The minimum absolute atomic E-state index is 0.184. The molecule has 0 radical (unpaired) electrons. The largest absolute Gasteiger partial charge is 0.458 e. The van der Waals surface area contributed by atoms with Crippen LogP contribution in [0.5, 0.6) is 0 Å². The minimum Gasteiger partial charge on any atom is -0.458 e. The van der Waals surface area contributed by atoms with Gasteiger partial charge in [0.05, 0.1) is 29.0 Å². The van der Waals surface area contributed by atoms with Gasteiger partial charge in [0, 0.05) is 22.6 Å². The van der Waals surface area contributed by atoms with Gasteiger partial charge in [-0.2, -0.15) is 0 Å². The van der Waals surface area contributed by atoms with Crippen LogP contribution in [0.3, 0.4) is 0 Å². The van der Waals surface area contributed by atoms with Gasteiger partial charge in [-0.05, 0) is 30.5 Å². The molecule has 8 heteroatoms. The monoisotopic (exact) mass is 398 g/mol. The van der Waals surface area contributed by atoms with Gasteiger partial charge in [-0.3, -0.25) is 4.79 Å². The maximum atomic E-state index is 14.2. The van der Waals surface area contributed by atoms with E-state index in [4.69, 9.17) is 4.74 Å². The number of fused-ring (bicyclic) bond motifs is 5. The Hall–Kier alpha value is -3.13. The van der Waals surface area contributed by atoms with Crippen LogP contribution in [-0.2, 0) is 29.1 Å². The van der Waals surface area contributed by atoms with Crippen LogP contribution in [0.4, 0.5) is 8.78 Å². The first-order chi connectivity index (χ1) is 13.8. The van der Waals surface area contributed by atoms with Crippen LogP contribution in [0.2, 0.25) is 0 Å². The van der Waals surface area contributed by atoms with Gasteiger partial charge in [0.15, 0.2) is 17.7 Å². The molecular weight excluding hydrogens is 382 g/mol. The molecule has 0 fully saturated rings. The molecule has 6 nitrogen and oxygen atoms in total. The Morgan fingerprint density at radius 1 is 1.28 bits per heavy atom. The second-order valence-corrected chi connectivity index (χ2v) is 7.33. The number of aliphatic hydroxyl groups excluding tert-OH is 1. The van der Waals surface area contributed by atoms with E-state index in [9.17, 15) is 23.5 Å². The summed E-state index contributed by atoms with van der Waals surface area (Å²) in [4.78, 5) is 29.3. The number of esters is 1. The van der Waals surface area contributed by atoms with Crippen LogP contribution < -0.4 is 5.56 Å². The zero-order valence-corrected chi connectivity index (χ0v) is 15.7. The van der Waals surface area contributed by atoms with Gasteiger partial charge in [-0.25, -0.2) is 18.6 Å². The maximum Gasteiger partial charge on any atom is 0.340 e. The molecule has 0 aliphatic carbocycles. The van der Waals surface area contributed by atoms with E-state index < -0.39 is 23.7 Å². The molecule has 1 aromatic carbocycles. The van der Waals surface area contributed by atoms with Gasteiger partial charge in [0.1, 0.15) is 6.61 Å². The molecule has 1 atom stereocenters. The Kier molecular flexibility index (Phi) is 3.67. The van der Waals surface area contributed by atoms with Gasteiger partial charge in [0.25, 0.3) is 5.56 Å². The Labute approximate surface area is 163 Å². The van der Waals surface area contributed by atoms with Crippen molar-refractivity contribution in [2.24, 2.45) is 0 Å². The van der Waals surface area contributed by atoms with Crippen LogP contribution in [0.15, 0.2) is 16.9 Å². The third-order valence-electron chi connectivity index (χ3n) is 5.84. The number of aryl methyl sites for hydroxylation is 2. The number of benzene rings is 1. The van der Waals surface area contributed by atoms with E-state index in [-0.39, 0.29) is 35.4 Å². The van der Waals surface area contributed by atoms with Crippen LogP contribution in [0.1, 0.15) is 40.8 Å². The smallest absolute Gasteiger partial charge is 0.340 e. The predicted octanol–water partition coefficient (Wildman–Crippen LogP) is 2.66. The summed E-state index contributed by atoms with van der Waals surface area (Å²) in [5, 5.41) is 10.7. The number of rotatable bonds is 1. The Morgan fingerprint density at radius 2 is 2.03 bits per heavy atom. The van der Waals surface area contributed by atoms with E-state index in [0.717, 1.165) is 17.2 Å². The predicted molar refractivity (Wildman–Crippen MR) is 99.3 cm³/mol. The highest BCUT2D eigenvalue weighted by molar-refractivity contribution is 5.91. The summed E-state index contributed by atoms with van der Waals surface area (Å²) < 4.78 is 34.6. The quantitative estimate of drug-likeness (QED) is 0.499. The molecule has 1 N–H and O–H groups in total. The molecule has 0 saturated heterocycles. The van der Waals surface area contributed by atoms with Crippen LogP contribution in [0.25, 0.3) is 22.3 Å². The van der Waals surface area contributed by atoms with Gasteiger partial charge in [-0.15, -0.1) is 0 Å². The second-order valence-electron chi connectivity index (χ2n) is 7.33. The number of hydrogen-bond donors (Lipinski definition) is 1. The molecule has 2 aromatic heterocycles. The summed E-state index contributed by atoms with van der Waals surface area (Å²) in [6.07, 6.45) is -0.999. The van der Waals surface area contributed by atoms with E-state index in [1.165, 1.54) is 11.5 Å². The number of aliphatic hydroxyl groups is 1. The topological polar surface area (TPSA) is 81.4 Å². The van der Waals surface area contributed by atoms with Crippen molar-refractivity contribution in [3.8, 4) is 11.4 Å². The molecule has 5 rings (SSSR count). The van der Waals surface area contributed by atoms with Crippen molar-refractivity contribution in [1.82, 2.24) is 9.55 Å². The summed E-state index contributed by atoms with van der Waals surface area (Å²) in [5.41, 5.74) is 3.02. The lowest BCUT2D eigenvalue weighted by Crippen LogP contribution is -2.32. The molecule has 0 bridgehead atoms. The number of carbonyl (C=O) groups excluding carboxylic acids is 1. The standard InChI is InChI=1S/C21H16F2N2O4/c1-3-9-11-6-25-15(4-10-12(20(25)27)7-29-21(28)19(10)26)18(11)24-14-5-13(22)17(23)8(2)16(9)14/h4-5,19,26H,3,6-7H2,1-2H3. The highest BCUT2D eigenvalue weighted by atomic mass is 19.2. The van der Waals surface area contributed by atoms with Gasteiger partial charge in [0.2, 0.25) is 0 Å². The van der Waals surface area contributed by atoms with E-state index >= 15 is 0 Å². The average molecular weight is 398 g/mol. The lowest BCUT2D eigenvalue weighted by molar-refractivity contribution is -0.157. The van der Waals surface area contributed by atoms with Gasteiger partial charge in [-0.1, -0.05) is 6.92 Å². The zero-order valence-electron chi connectivity index (χ0n) is 15.7. The van der Waals surface area contributed by atoms with E-state index in [1.807, 2.05) is 6.92 Å². The molecule has 1 unspecified atom stereocenters. The summed E-state index contributed by atoms with van der Waals surface area (Å²) in [5.74, 6) is -2.70. The van der Waals surface area contributed by atoms with Gasteiger partial charge >= 0.3 is 5.97 Å². The summed E-state index contributed by atoms with van der Waals surface area (Å²) in [7, 11) is 0. The Balaban J connectivity index is 1.86. The lowest BCUT2D eigenvalue weighted by atomic mass is 9.95. The molecule has 0 amide bonds. The van der Waals surface area contributed by atoms with Crippen molar-refractivity contribution in [2.45, 2.75) is 39.5 Å². The number of aromatic nitrogens is 2. The summed E-state index contributed by atoms with van der Waals surface area (Å²) in [6, 6.07) is 2.63. The lowest BCUT2D eigenvalue weighted by Gasteiger charge is -2.21. The molecule has 2 aliphatic rings. The van der Waals surface area contributed by atoms with Crippen molar-refractivity contribution in [3.05, 3.63) is 61.9 Å². The maximum absolute atomic E-state index is 14.2. The molecular formula is C21H16F2N2O4. The minimum atomic E-state index is -1.54. The first-order valence-electron chi connectivity index (χ1n) is 9.25. The third kappa shape index (κ3) is 2.26. The number of nitrogens with zero attached hydrogens (tertiary/aromatic N) is 2. The van der Waals surface area contributed by atoms with Crippen molar-refractivity contribution in [2.75, 3.05) is 0 Å². The van der Waals surface area contributed by atoms with Crippen molar-refractivity contribution < 1.29 is 23.4 Å². The number of cyclic esters (lactones) is 1. The highest BCUT2D eigenvalue weighted by Crippen LogP contribution is 2.39. The number of carbonyl (C=O) groups is 1. The van der Waals surface area contributed by atoms with E-state index in [0.29, 0.717) is 28.7 Å². The first kappa shape index (κ1) is 17.9. The molecule has 4 heterocycles. The Morgan fingerprint density at radius 3 is 2.76 bits per heavy atom. The van der Waals surface area contributed by atoms with E-state index in [2.05, 4.69) is 4.98 Å². The summed E-state index contributed by atoms with van der Waals surface area (Å²) in [6.45, 7) is 3.45. The zero-order chi connectivity index (χ0) is 20.6. The van der Waals surface area contributed by atoms with Crippen molar-refractivity contribution in [3.63, 3.8) is 0 Å². The fourth-order valence-corrected chi connectivity index (χ4v) is 4.42. The number of ether oxygens (including phenoxy) is 1. The SMILES string of the molecule is CCc1c2c(nc3cc(F)c(F)c(C)c13)-c1cc3c(c(=O)n1C2)COC(=O)C3O. The van der Waals surface area contributed by atoms with Gasteiger partial charge < -0.3 is 14.4 Å². The van der Waals surface area contributed by atoms with Crippen molar-refractivity contribution >= 4 is 16.9 Å². The summed E-state index contributed by atoms with van der Waals surface area (Å²) >= 11 is 0. The second kappa shape index (κ2) is 5.93. The first-order valence-corrected chi connectivity index (χ1v) is 9.25. The normalized spacial score (nSPS) is 17.1. The van der Waals surface area contributed by atoms with E-state index in [1.54, 1.807) is 6.07 Å². The molecule has 3 aromatic rings. The molecule has 29 heavy (non-hydrogen) atoms. The molecule has 0 spiro atoms. The fraction of sp³-hybridized carbons (Fsp3) is 0.286. The van der Waals surface area contributed by atoms with Crippen LogP contribution >= 0.6 is 0 Å². The molecule has 2 aliphatic heterocycles. The number of halogens is 2. The average Bonchev–Trinajstić information content (AvgIpc) is 3.06. The Bertz CT molecular complexity index is 1310. The van der Waals surface area contributed by atoms with Crippen LogP contribution in [0, 0.1) is 18.6 Å². The van der Waals surface area contributed by atoms with Crippen molar-refractivity contribution in [1.29, 1.82) is 0 Å². The molecule has 0 saturated carbocycles. The molecule has 148 valence electrons.